The highest BCUT2D eigenvalue weighted by atomic mass is 16.6. The molecule has 0 radical (unpaired) electrons. The molecular weight excluding hydrogens is 326 g/mol. The van der Waals surface area contributed by atoms with Crippen molar-refractivity contribution in [3.8, 4) is 6.07 Å². The fraction of sp³-hybridized carbons (Fsp3) is 0.286. The van der Waals surface area contributed by atoms with Crippen LogP contribution in [-0.2, 0) is 11.3 Å². The molecule has 1 fully saturated rings. The van der Waals surface area contributed by atoms with E-state index in [0.717, 1.165) is 36.1 Å². The second kappa shape index (κ2) is 7.01. The lowest BCUT2D eigenvalue weighted by Crippen LogP contribution is -2.43. The van der Waals surface area contributed by atoms with Crippen molar-refractivity contribution in [3.63, 3.8) is 0 Å². The Morgan fingerprint density at radius 2 is 2.08 bits per heavy atom. The van der Waals surface area contributed by atoms with E-state index in [4.69, 9.17) is 10.00 Å². The Labute approximate surface area is 152 Å². The van der Waals surface area contributed by atoms with Gasteiger partial charge >= 0.3 is 6.09 Å². The molecule has 0 spiro atoms. The number of benzene rings is 1. The third-order valence-corrected chi connectivity index (χ3v) is 5.03. The Morgan fingerprint density at radius 3 is 2.77 bits per heavy atom. The number of carbonyl (C=O) groups is 1. The summed E-state index contributed by atoms with van der Waals surface area (Å²) >= 11 is 0. The first kappa shape index (κ1) is 16.3. The molecule has 2 aromatic rings. The minimum Gasteiger partial charge on any atom is -0.445 e. The molecule has 2 bridgehead atoms. The molecular formula is C21H19N3O2. The zero-order chi connectivity index (χ0) is 17.9. The molecule has 26 heavy (non-hydrogen) atoms. The van der Waals surface area contributed by atoms with E-state index in [-0.39, 0.29) is 18.2 Å². The predicted molar refractivity (Wildman–Crippen MR) is 96.8 cm³/mol. The van der Waals surface area contributed by atoms with Crippen molar-refractivity contribution in [1.29, 1.82) is 5.26 Å². The fourth-order valence-corrected chi connectivity index (χ4v) is 3.75. The molecule has 2 unspecified atom stereocenters. The van der Waals surface area contributed by atoms with E-state index >= 15 is 0 Å². The number of hydrogen-bond donors (Lipinski definition) is 0. The van der Waals surface area contributed by atoms with Crippen molar-refractivity contribution in [2.75, 3.05) is 0 Å². The van der Waals surface area contributed by atoms with Crippen LogP contribution in [-0.4, -0.2) is 28.1 Å². The van der Waals surface area contributed by atoms with Crippen LogP contribution in [0.4, 0.5) is 4.79 Å². The Balaban J connectivity index is 1.46. The third-order valence-electron chi connectivity index (χ3n) is 5.03. The first-order valence-corrected chi connectivity index (χ1v) is 8.81. The zero-order valence-electron chi connectivity index (χ0n) is 14.3. The minimum atomic E-state index is -0.246. The Kier molecular flexibility index (Phi) is 4.40. The van der Waals surface area contributed by atoms with Gasteiger partial charge in [-0.3, -0.25) is 9.88 Å². The average Bonchev–Trinajstić information content (AvgIpc) is 2.96. The van der Waals surface area contributed by atoms with E-state index in [1.807, 2.05) is 41.3 Å². The summed E-state index contributed by atoms with van der Waals surface area (Å²) in [6.07, 6.45) is 6.17. The van der Waals surface area contributed by atoms with Crippen LogP contribution in [0.1, 0.15) is 36.1 Å². The van der Waals surface area contributed by atoms with Gasteiger partial charge < -0.3 is 4.74 Å². The van der Waals surface area contributed by atoms with Crippen LogP contribution in [0.15, 0.2) is 54.7 Å². The van der Waals surface area contributed by atoms with Gasteiger partial charge in [0.1, 0.15) is 12.7 Å². The predicted octanol–water partition coefficient (Wildman–Crippen LogP) is 3.91. The van der Waals surface area contributed by atoms with E-state index in [2.05, 4.69) is 17.1 Å². The summed E-state index contributed by atoms with van der Waals surface area (Å²) in [5.41, 5.74) is 3.58. The Hall–Kier alpha value is -3.13. The normalized spacial score (nSPS) is 21.0. The molecule has 0 N–H and O–H groups in total. The standard InChI is InChI=1S/C21H19N3O2/c22-12-16-6-9-20(23-13-16)17-10-18-7-8-19(11-17)24(18)21(25)26-14-15-4-2-1-3-5-15/h1-6,9-10,13,18-19H,7-8,11,14H2. The Morgan fingerprint density at radius 1 is 1.23 bits per heavy atom. The maximum atomic E-state index is 12.6. The first-order valence-electron chi connectivity index (χ1n) is 8.81. The van der Waals surface area contributed by atoms with E-state index in [1.165, 1.54) is 0 Å². The highest BCUT2D eigenvalue weighted by Gasteiger charge is 2.40. The molecule has 0 saturated carbocycles. The molecule has 2 aliphatic rings. The van der Waals surface area contributed by atoms with Crippen LogP contribution >= 0.6 is 0 Å². The van der Waals surface area contributed by atoms with Crippen molar-refractivity contribution in [3.05, 3.63) is 71.6 Å². The van der Waals surface area contributed by atoms with Gasteiger partial charge in [-0.25, -0.2) is 4.79 Å². The molecule has 5 heteroatoms. The number of fused-ring (bicyclic) bond motifs is 2. The number of hydrogen-bond acceptors (Lipinski definition) is 4. The van der Waals surface area contributed by atoms with Crippen molar-refractivity contribution >= 4 is 11.7 Å². The third kappa shape index (κ3) is 3.18. The molecule has 1 amide bonds. The summed E-state index contributed by atoms with van der Waals surface area (Å²) in [7, 11) is 0. The highest BCUT2D eigenvalue weighted by molar-refractivity contribution is 5.74. The number of carbonyl (C=O) groups excluding carboxylic acids is 1. The van der Waals surface area contributed by atoms with Crippen LogP contribution in [0, 0.1) is 11.3 Å². The smallest absolute Gasteiger partial charge is 0.410 e. The van der Waals surface area contributed by atoms with Crippen molar-refractivity contribution in [1.82, 2.24) is 9.88 Å². The number of aromatic nitrogens is 1. The van der Waals surface area contributed by atoms with Gasteiger partial charge in [-0.1, -0.05) is 36.4 Å². The van der Waals surface area contributed by atoms with E-state index in [9.17, 15) is 4.79 Å². The minimum absolute atomic E-state index is 0.0597. The summed E-state index contributed by atoms with van der Waals surface area (Å²) < 4.78 is 5.53. The van der Waals surface area contributed by atoms with Gasteiger partial charge in [-0.15, -0.1) is 0 Å². The van der Waals surface area contributed by atoms with Gasteiger partial charge in [0.25, 0.3) is 0 Å². The molecule has 0 aliphatic carbocycles. The van der Waals surface area contributed by atoms with Crippen LogP contribution in [0.25, 0.3) is 5.57 Å². The number of pyridine rings is 1. The lowest BCUT2D eigenvalue weighted by Gasteiger charge is -2.33. The van der Waals surface area contributed by atoms with Crippen molar-refractivity contribution < 1.29 is 9.53 Å². The highest BCUT2D eigenvalue weighted by Crippen LogP contribution is 2.38. The molecule has 1 saturated heterocycles. The average molecular weight is 345 g/mol. The van der Waals surface area contributed by atoms with Crippen LogP contribution < -0.4 is 0 Å². The summed E-state index contributed by atoms with van der Waals surface area (Å²) in [5.74, 6) is 0. The summed E-state index contributed by atoms with van der Waals surface area (Å²) in [5, 5.41) is 8.90. The van der Waals surface area contributed by atoms with Gasteiger partial charge in [-0.05, 0) is 42.5 Å². The van der Waals surface area contributed by atoms with Crippen molar-refractivity contribution in [2.24, 2.45) is 0 Å². The van der Waals surface area contributed by atoms with Crippen LogP contribution in [0.2, 0.25) is 0 Å². The molecule has 1 aromatic carbocycles. The van der Waals surface area contributed by atoms with Crippen LogP contribution in [0.5, 0.6) is 0 Å². The van der Waals surface area contributed by atoms with Gasteiger partial charge in [0, 0.05) is 12.2 Å². The number of rotatable bonds is 3. The van der Waals surface area contributed by atoms with E-state index in [1.54, 1.807) is 12.3 Å². The van der Waals surface area contributed by atoms with Gasteiger partial charge in [0.15, 0.2) is 0 Å². The number of nitrogens with zero attached hydrogens (tertiary/aromatic N) is 3. The number of nitriles is 1. The lowest BCUT2D eigenvalue weighted by molar-refractivity contribution is 0.0832. The first-order chi connectivity index (χ1) is 12.7. The fourth-order valence-electron chi connectivity index (χ4n) is 3.75. The van der Waals surface area contributed by atoms with Gasteiger partial charge in [-0.2, -0.15) is 5.26 Å². The topological polar surface area (TPSA) is 66.2 Å². The monoisotopic (exact) mass is 345 g/mol. The summed E-state index contributed by atoms with van der Waals surface area (Å²) in [4.78, 5) is 18.8. The molecule has 1 aromatic heterocycles. The second-order valence-corrected chi connectivity index (χ2v) is 6.69. The molecule has 2 atom stereocenters. The quantitative estimate of drug-likeness (QED) is 0.846. The second-order valence-electron chi connectivity index (χ2n) is 6.69. The number of ether oxygens (including phenoxy) is 1. The Bertz CT molecular complexity index is 868. The molecule has 130 valence electrons. The maximum Gasteiger partial charge on any atom is 0.410 e. The summed E-state index contributed by atoms with van der Waals surface area (Å²) in [6, 6.07) is 15.7. The van der Waals surface area contributed by atoms with E-state index in [0.29, 0.717) is 12.2 Å². The van der Waals surface area contributed by atoms with Crippen LogP contribution in [0.3, 0.4) is 0 Å². The maximum absolute atomic E-state index is 12.6. The molecule has 5 nitrogen and oxygen atoms in total. The SMILES string of the molecule is N#Cc1ccc(C2=CC3CCC(C2)N3C(=O)OCc2ccccc2)nc1. The molecule has 4 rings (SSSR count). The van der Waals surface area contributed by atoms with Crippen molar-refractivity contribution in [2.45, 2.75) is 38.0 Å². The lowest BCUT2D eigenvalue weighted by atomic mass is 9.98. The molecule has 2 aliphatic heterocycles. The summed E-state index contributed by atoms with van der Waals surface area (Å²) in [6.45, 7) is 0.295. The number of amides is 1. The zero-order valence-corrected chi connectivity index (χ0v) is 14.3. The molecule has 3 heterocycles. The largest absolute Gasteiger partial charge is 0.445 e. The van der Waals surface area contributed by atoms with Gasteiger partial charge in [0.2, 0.25) is 0 Å². The van der Waals surface area contributed by atoms with Gasteiger partial charge in [0.05, 0.1) is 17.3 Å². The van der Waals surface area contributed by atoms with E-state index < -0.39 is 0 Å².